The lowest BCUT2D eigenvalue weighted by Gasteiger charge is -2.09. The molecule has 0 N–H and O–H groups in total. The molecule has 0 amide bonds. The van der Waals surface area contributed by atoms with Crippen LogP contribution in [-0.4, -0.2) is 20.8 Å². The Balaban J connectivity index is 2.84. The van der Waals surface area contributed by atoms with Gasteiger partial charge in [0.1, 0.15) is 0 Å². The van der Waals surface area contributed by atoms with Crippen molar-refractivity contribution in [1.29, 1.82) is 0 Å². The lowest BCUT2D eigenvalue weighted by Crippen LogP contribution is -2.10. The molecule has 0 unspecified atom stereocenters. The number of hydrogen-bond acceptors (Lipinski definition) is 2. The highest BCUT2D eigenvalue weighted by Gasteiger charge is 2.31. The van der Waals surface area contributed by atoms with Gasteiger partial charge in [-0.2, -0.15) is 13.2 Å². The minimum atomic E-state index is -4.57. The smallest absolute Gasteiger partial charge is 0.251 e. The summed E-state index contributed by atoms with van der Waals surface area (Å²) < 4.78 is 72.9. The van der Waals surface area contributed by atoms with Gasteiger partial charge in [0.05, 0.1) is 22.9 Å². The van der Waals surface area contributed by atoms with Crippen LogP contribution in [0.25, 0.3) is 0 Å². The molecule has 0 saturated heterocycles. The molecule has 1 aromatic rings. The first-order chi connectivity index (χ1) is 8.77. The van der Waals surface area contributed by atoms with Gasteiger partial charge >= 0.3 is 6.18 Å². The maximum Gasteiger partial charge on any atom is 0.416 e. The first-order valence-corrected chi connectivity index (χ1v) is 7.38. The minimum Gasteiger partial charge on any atom is -0.251 e. The SMILES string of the molecule is O=S(=O)(CCCCCF)c1cccc(C(F)(F)F)c1. The maximum absolute atomic E-state index is 12.5. The van der Waals surface area contributed by atoms with E-state index in [0.717, 1.165) is 18.2 Å². The number of hydrogen-bond donors (Lipinski definition) is 0. The summed E-state index contributed by atoms with van der Waals surface area (Å²) in [7, 11) is -3.75. The molecule has 0 fully saturated rings. The quantitative estimate of drug-likeness (QED) is 0.594. The van der Waals surface area contributed by atoms with E-state index in [1.807, 2.05) is 0 Å². The number of benzene rings is 1. The number of halogens is 4. The Labute approximate surface area is 109 Å². The Hall–Kier alpha value is -1.11. The van der Waals surface area contributed by atoms with Crippen LogP contribution in [0.15, 0.2) is 29.2 Å². The van der Waals surface area contributed by atoms with E-state index in [9.17, 15) is 26.0 Å². The van der Waals surface area contributed by atoms with Gasteiger partial charge in [0.25, 0.3) is 0 Å². The summed E-state index contributed by atoms with van der Waals surface area (Å²) in [5.74, 6) is -0.270. The van der Waals surface area contributed by atoms with Gasteiger partial charge in [-0.25, -0.2) is 8.42 Å². The summed E-state index contributed by atoms with van der Waals surface area (Å²) in [5, 5.41) is 0. The molecule has 0 aliphatic rings. The molecule has 0 spiro atoms. The highest BCUT2D eigenvalue weighted by molar-refractivity contribution is 7.91. The van der Waals surface area contributed by atoms with E-state index in [-0.39, 0.29) is 23.5 Å². The topological polar surface area (TPSA) is 34.1 Å². The largest absolute Gasteiger partial charge is 0.416 e. The van der Waals surface area contributed by atoms with Crippen molar-refractivity contribution in [3.05, 3.63) is 29.8 Å². The molecule has 7 heteroatoms. The van der Waals surface area contributed by atoms with Crippen molar-refractivity contribution >= 4 is 9.84 Å². The van der Waals surface area contributed by atoms with Gasteiger partial charge in [0, 0.05) is 0 Å². The van der Waals surface area contributed by atoms with E-state index in [2.05, 4.69) is 0 Å². The molecule has 19 heavy (non-hydrogen) atoms. The minimum absolute atomic E-state index is 0.239. The van der Waals surface area contributed by atoms with Gasteiger partial charge in [-0.1, -0.05) is 6.07 Å². The first kappa shape index (κ1) is 15.9. The summed E-state index contributed by atoms with van der Waals surface area (Å²) in [4.78, 5) is -0.345. The molecule has 1 rings (SSSR count). The van der Waals surface area contributed by atoms with Crippen LogP contribution in [0, 0.1) is 0 Å². The van der Waals surface area contributed by atoms with Crippen molar-refractivity contribution in [2.24, 2.45) is 0 Å². The lowest BCUT2D eigenvalue weighted by molar-refractivity contribution is -0.137. The average Bonchev–Trinajstić information content (AvgIpc) is 2.34. The number of sulfone groups is 1. The van der Waals surface area contributed by atoms with Gasteiger partial charge in [0.15, 0.2) is 9.84 Å². The van der Waals surface area contributed by atoms with E-state index in [1.54, 1.807) is 0 Å². The van der Waals surface area contributed by atoms with Crippen molar-refractivity contribution in [1.82, 2.24) is 0 Å². The van der Waals surface area contributed by atoms with E-state index < -0.39 is 28.3 Å². The van der Waals surface area contributed by atoms with Crippen molar-refractivity contribution < 1.29 is 26.0 Å². The fourth-order valence-corrected chi connectivity index (χ4v) is 2.96. The Kier molecular flexibility index (Phi) is 5.34. The zero-order chi connectivity index (χ0) is 14.5. The van der Waals surface area contributed by atoms with Gasteiger partial charge in [-0.15, -0.1) is 0 Å². The van der Waals surface area contributed by atoms with Crippen LogP contribution in [-0.2, 0) is 16.0 Å². The number of unbranched alkanes of at least 4 members (excludes halogenated alkanes) is 2. The van der Waals surface area contributed by atoms with Crippen LogP contribution in [0.4, 0.5) is 17.6 Å². The second-order valence-electron chi connectivity index (χ2n) is 4.09. The summed E-state index contributed by atoms with van der Waals surface area (Å²) in [6.45, 7) is -0.524. The van der Waals surface area contributed by atoms with Crippen molar-refractivity contribution in [2.45, 2.75) is 30.3 Å². The summed E-state index contributed by atoms with van der Waals surface area (Å²) in [5.41, 5.74) is -0.989. The molecule has 0 radical (unpaired) electrons. The fraction of sp³-hybridized carbons (Fsp3) is 0.500. The highest BCUT2D eigenvalue weighted by Crippen LogP contribution is 2.30. The molecule has 0 atom stereocenters. The van der Waals surface area contributed by atoms with Crippen molar-refractivity contribution in [3.8, 4) is 0 Å². The van der Waals surface area contributed by atoms with Crippen LogP contribution < -0.4 is 0 Å². The third-order valence-corrected chi connectivity index (χ3v) is 4.37. The fourth-order valence-electron chi connectivity index (χ4n) is 1.55. The molecule has 0 aliphatic carbocycles. The van der Waals surface area contributed by atoms with Crippen molar-refractivity contribution in [3.63, 3.8) is 0 Å². The third-order valence-electron chi connectivity index (χ3n) is 2.57. The molecule has 0 bridgehead atoms. The van der Waals surface area contributed by atoms with Crippen LogP contribution in [0.5, 0.6) is 0 Å². The predicted molar refractivity (Wildman–Crippen MR) is 63.3 cm³/mol. The third kappa shape index (κ3) is 4.81. The van der Waals surface area contributed by atoms with E-state index in [0.29, 0.717) is 12.5 Å². The summed E-state index contributed by atoms with van der Waals surface area (Å²) >= 11 is 0. The predicted octanol–water partition coefficient (Wildman–Crippen LogP) is 3.62. The van der Waals surface area contributed by atoms with Gasteiger partial charge in [0.2, 0.25) is 0 Å². The zero-order valence-electron chi connectivity index (χ0n) is 10.1. The van der Waals surface area contributed by atoms with Crippen LogP contribution in [0.3, 0.4) is 0 Å². The molecule has 0 aromatic heterocycles. The molecule has 2 nitrogen and oxygen atoms in total. The second kappa shape index (κ2) is 6.36. The van der Waals surface area contributed by atoms with E-state index in [1.165, 1.54) is 0 Å². The van der Waals surface area contributed by atoms with Crippen LogP contribution in [0.2, 0.25) is 0 Å². The standard InChI is InChI=1S/C12H14F4O2S/c13-7-2-1-3-8-19(17,18)11-6-4-5-10(9-11)12(14,15)16/h4-6,9H,1-3,7-8H2. The van der Waals surface area contributed by atoms with E-state index >= 15 is 0 Å². The van der Waals surface area contributed by atoms with Crippen molar-refractivity contribution in [2.75, 3.05) is 12.4 Å². The normalized spacial score (nSPS) is 12.6. The van der Waals surface area contributed by atoms with Crippen LogP contribution >= 0.6 is 0 Å². The molecule has 0 aliphatic heterocycles. The first-order valence-electron chi connectivity index (χ1n) is 5.73. The molecule has 0 saturated carbocycles. The second-order valence-corrected chi connectivity index (χ2v) is 6.20. The average molecular weight is 298 g/mol. The molecular formula is C12H14F4O2S. The Bertz CT molecular complexity index is 509. The Morgan fingerprint density at radius 2 is 1.74 bits per heavy atom. The van der Waals surface area contributed by atoms with Gasteiger partial charge < -0.3 is 0 Å². The molecule has 108 valence electrons. The van der Waals surface area contributed by atoms with E-state index in [4.69, 9.17) is 0 Å². The van der Waals surface area contributed by atoms with Gasteiger partial charge in [-0.05, 0) is 37.5 Å². The molecule has 1 aromatic carbocycles. The summed E-state index contributed by atoms with van der Waals surface area (Å²) in [6, 6.07) is 3.66. The maximum atomic E-state index is 12.5. The monoisotopic (exact) mass is 298 g/mol. The zero-order valence-corrected chi connectivity index (χ0v) is 10.9. The lowest BCUT2D eigenvalue weighted by atomic mass is 10.2. The Morgan fingerprint density at radius 1 is 1.05 bits per heavy atom. The van der Waals surface area contributed by atoms with Crippen LogP contribution in [0.1, 0.15) is 24.8 Å². The number of rotatable bonds is 6. The summed E-state index contributed by atoms with van der Waals surface area (Å²) in [6.07, 6.45) is -3.67. The Morgan fingerprint density at radius 3 is 2.32 bits per heavy atom. The number of alkyl halides is 4. The molecular weight excluding hydrogens is 284 g/mol. The highest BCUT2D eigenvalue weighted by atomic mass is 32.2. The van der Waals surface area contributed by atoms with Gasteiger partial charge in [-0.3, -0.25) is 4.39 Å². The molecule has 0 heterocycles.